The second-order valence-electron chi connectivity index (χ2n) is 4.20. The van der Waals surface area contributed by atoms with Crippen molar-refractivity contribution in [3.8, 4) is 5.75 Å². The smallest absolute Gasteiger partial charge is 0.335 e. The largest absolute Gasteiger partial charge is 0.488 e. The highest BCUT2D eigenvalue weighted by atomic mass is 16.5. The van der Waals surface area contributed by atoms with Gasteiger partial charge in [-0.2, -0.15) is 0 Å². The predicted octanol–water partition coefficient (Wildman–Crippen LogP) is 2.25. The van der Waals surface area contributed by atoms with Gasteiger partial charge >= 0.3 is 5.97 Å². The number of aromatic carboxylic acids is 1. The van der Waals surface area contributed by atoms with Crippen molar-refractivity contribution in [1.29, 1.82) is 5.41 Å². The fourth-order valence-electron chi connectivity index (χ4n) is 1.72. The monoisotopic (exact) mass is 270 g/mol. The lowest BCUT2D eigenvalue weighted by atomic mass is 10.1. The molecule has 102 valence electrons. The predicted molar refractivity (Wildman–Crippen MR) is 75.2 cm³/mol. The summed E-state index contributed by atoms with van der Waals surface area (Å²) < 4.78 is 5.62. The van der Waals surface area contributed by atoms with Crippen LogP contribution in [0, 0.1) is 5.41 Å². The summed E-state index contributed by atoms with van der Waals surface area (Å²) in [5, 5.41) is 16.3. The van der Waals surface area contributed by atoms with Gasteiger partial charge in [0.05, 0.1) is 11.1 Å². The van der Waals surface area contributed by atoms with Gasteiger partial charge in [0.1, 0.15) is 18.2 Å². The Bertz CT molecular complexity index is 636. The van der Waals surface area contributed by atoms with Gasteiger partial charge in [0.2, 0.25) is 0 Å². The summed E-state index contributed by atoms with van der Waals surface area (Å²) in [7, 11) is 0. The molecule has 5 heteroatoms. The van der Waals surface area contributed by atoms with E-state index in [0.717, 1.165) is 5.56 Å². The molecule has 2 rings (SSSR count). The van der Waals surface area contributed by atoms with E-state index in [4.69, 9.17) is 21.0 Å². The van der Waals surface area contributed by atoms with Crippen molar-refractivity contribution in [2.24, 2.45) is 5.73 Å². The van der Waals surface area contributed by atoms with Crippen molar-refractivity contribution in [1.82, 2.24) is 0 Å². The minimum atomic E-state index is -0.959. The van der Waals surface area contributed by atoms with Crippen LogP contribution < -0.4 is 10.5 Å². The number of rotatable bonds is 5. The number of para-hydroxylation sites is 1. The van der Waals surface area contributed by atoms with Crippen LogP contribution in [0.3, 0.4) is 0 Å². The van der Waals surface area contributed by atoms with Crippen LogP contribution in [0.1, 0.15) is 21.5 Å². The second kappa shape index (κ2) is 5.88. The Labute approximate surface area is 116 Å². The molecule has 0 aliphatic rings. The minimum Gasteiger partial charge on any atom is -0.488 e. The Morgan fingerprint density at radius 3 is 2.40 bits per heavy atom. The topological polar surface area (TPSA) is 96.4 Å². The molecular weight excluding hydrogens is 256 g/mol. The third kappa shape index (κ3) is 3.14. The summed E-state index contributed by atoms with van der Waals surface area (Å²) in [5.74, 6) is -0.483. The van der Waals surface area contributed by atoms with E-state index in [0.29, 0.717) is 11.3 Å². The minimum absolute atomic E-state index is 0.0539. The van der Waals surface area contributed by atoms with Crippen LogP contribution in [0.15, 0.2) is 48.5 Å². The van der Waals surface area contributed by atoms with Gasteiger partial charge in [-0.1, -0.05) is 24.3 Å². The Hall–Kier alpha value is -2.82. The van der Waals surface area contributed by atoms with Crippen molar-refractivity contribution in [3.05, 3.63) is 65.2 Å². The van der Waals surface area contributed by atoms with Gasteiger partial charge in [-0.05, 0) is 29.8 Å². The number of hydrogen-bond donors (Lipinski definition) is 3. The van der Waals surface area contributed by atoms with E-state index in [1.165, 1.54) is 12.1 Å². The van der Waals surface area contributed by atoms with Crippen LogP contribution in [-0.2, 0) is 6.61 Å². The Kier molecular flexibility index (Phi) is 4.00. The molecule has 0 spiro atoms. The number of hydrogen-bond acceptors (Lipinski definition) is 3. The molecular formula is C15H14N2O3. The Morgan fingerprint density at radius 2 is 1.80 bits per heavy atom. The van der Waals surface area contributed by atoms with Gasteiger partial charge in [0.25, 0.3) is 0 Å². The average Bonchev–Trinajstić information content (AvgIpc) is 2.45. The fraction of sp³-hybridized carbons (Fsp3) is 0.0667. The summed E-state index contributed by atoms with van der Waals surface area (Å²) in [6, 6.07) is 13.5. The molecule has 20 heavy (non-hydrogen) atoms. The van der Waals surface area contributed by atoms with E-state index in [1.54, 1.807) is 36.4 Å². The molecule has 0 fully saturated rings. The molecule has 5 nitrogen and oxygen atoms in total. The van der Waals surface area contributed by atoms with E-state index >= 15 is 0 Å². The zero-order valence-corrected chi connectivity index (χ0v) is 10.7. The van der Waals surface area contributed by atoms with Gasteiger partial charge in [-0.15, -0.1) is 0 Å². The quantitative estimate of drug-likeness (QED) is 0.573. The lowest BCUT2D eigenvalue weighted by molar-refractivity contribution is 0.0697. The summed E-state index contributed by atoms with van der Waals surface area (Å²) >= 11 is 0. The first-order valence-corrected chi connectivity index (χ1v) is 5.96. The van der Waals surface area contributed by atoms with Crippen LogP contribution in [0.4, 0.5) is 0 Å². The first-order chi connectivity index (χ1) is 9.58. The third-order valence-corrected chi connectivity index (χ3v) is 2.77. The van der Waals surface area contributed by atoms with Gasteiger partial charge in [0.15, 0.2) is 0 Å². The zero-order valence-electron chi connectivity index (χ0n) is 10.7. The molecule has 0 bridgehead atoms. The van der Waals surface area contributed by atoms with Crippen molar-refractivity contribution in [2.75, 3.05) is 0 Å². The van der Waals surface area contributed by atoms with Crippen molar-refractivity contribution in [3.63, 3.8) is 0 Å². The summed E-state index contributed by atoms with van der Waals surface area (Å²) in [5.41, 5.74) is 7.09. The average molecular weight is 270 g/mol. The lowest BCUT2D eigenvalue weighted by Gasteiger charge is -2.10. The number of nitrogens with two attached hydrogens (primary N) is 1. The van der Waals surface area contributed by atoms with Gasteiger partial charge in [-0.25, -0.2) is 4.79 Å². The van der Waals surface area contributed by atoms with Crippen LogP contribution >= 0.6 is 0 Å². The standard InChI is InChI=1S/C15H14N2O3/c16-14(17)12-3-1-2-4-13(12)20-9-10-5-7-11(8-6-10)15(18)19/h1-8H,9H2,(H3,16,17)(H,18,19). The SMILES string of the molecule is N=C(N)c1ccccc1OCc1ccc(C(=O)O)cc1. The molecule has 0 amide bonds. The molecule has 2 aromatic rings. The van der Waals surface area contributed by atoms with Crippen molar-refractivity contribution in [2.45, 2.75) is 6.61 Å². The number of carbonyl (C=O) groups is 1. The van der Waals surface area contributed by atoms with E-state index in [2.05, 4.69) is 0 Å². The molecule has 0 atom stereocenters. The van der Waals surface area contributed by atoms with Crippen LogP contribution in [0.25, 0.3) is 0 Å². The van der Waals surface area contributed by atoms with Crippen LogP contribution in [-0.4, -0.2) is 16.9 Å². The van der Waals surface area contributed by atoms with E-state index in [9.17, 15) is 4.79 Å². The number of carboxylic acid groups (broad SMARTS) is 1. The maximum atomic E-state index is 10.7. The summed E-state index contributed by atoms with van der Waals surface area (Å²) in [4.78, 5) is 10.7. The number of ether oxygens (including phenoxy) is 1. The third-order valence-electron chi connectivity index (χ3n) is 2.77. The molecule has 0 radical (unpaired) electrons. The van der Waals surface area contributed by atoms with Gasteiger partial charge in [-0.3, -0.25) is 5.41 Å². The molecule has 2 aromatic carbocycles. The highest BCUT2D eigenvalue weighted by molar-refractivity contribution is 5.97. The molecule has 0 heterocycles. The second-order valence-corrected chi connectivity index (χ2v) is 4.20. The Morgan fingerprint density at radius 1 is 1.15 bits per heavy atom. The molecule has 0 unspecified atom stereocenters. The highest BCUT2D eigenvalue weighted by Gasteiger charge is 2.06. The molecule has 0 saturated carbocycles. The number of nitrogen functional groups attached to an aromatic ring is 1. The van der Waals surface area contributed by atoms with Crippen LogP contribution in [0.2, 0.25) is 0 Å². The fourth-order valence-corrected chi connectivity index (χ4v) is 1.72. The van der Waals surface area contributed by atoms with Crippen molar-refractivity contribution >= 4 is 11.8 Å². The van der Waals surface area contributed by atoms with E-state index in [1.807, 2.05) is 0 Å². The first kappa shape index (κ1) is 13.6. The number of nitrogens with one attached hydrogen (secondary N) is 1. The maximum Gasteiger partial charge on any atom is 0.335 e. The highest BCUT2D eigenvalue weighted by Crippen LogP contribution is 2.18. The summed E-state index contributed by atoms with van der Waals surface area (Å²) in [6.45, 7) is 0.282. The Balaban J connectivity index is 2.09. The molecule has 4 N–H and O–H groups in total. The molecule has 0 saturated heterocycles. The van der Waals surface area contributed by atoms with E-state index in [-0.39, 0.29) is 18.0 Å². The number of carboxylic acids is 1. The molecule has 0 aliphatic carbocycles. The lowest BCUT2D eigenvalue weighted by Crippen LogP contribution is -2.13. The molecule has 0 aliphatic heterocycles. The molecule has 0 aromatic heterocycles. The number of benzene rings is 2. The van der Waals surface area contributed by atoms with Crippen LogP contribution in [0.5, 0.6) is 5.75 Å². The summed E-state index contributed by atoms with van der Waals surface area (Å²) in [6.07, 6.45) is 0. The van der Waals surface area contributed by atoms with Crippen molar-refractivity contribution < 1.29 is 14.6 Å². The zero-order chi connectivity index (χ0) is 14.5. The first-order valence-electron chi connectivity index (χ1n) is 5.96. The van der Waals surface area contributed by atoms with Gasteiger partial charge < -0.3 is 15.6 Å². The number of amidine groups is 1. The van der Waals surface area contributed by atoms with Gasteiger partial charge in [0, 0.05) is 0 Å². The van der Waals surface area contributed by atoms with E-state index < -0.39 is 5.97 Å². The normalized spacial score (nSPS) is 10.0. The maximum absolute atomic E-state index is 10.7.